The molecule has 2 N–H and O–H groups in total. The van der Waals surface area contributed by atoms with Gasteiger partial charge in [0.2, 0.25) is 16.9 Å². The van der Waals surface area contributed by atoms with Gasteiger partial charge in [-0.3, -0.25) is 9.59 Å². The first kappa shape index (κ1) is 21.6. The number of likely N-dealkylation sites (tertiary alicyclic amines) is 1. The van der Waals surface area contributed by atoms with Crippen molar-refractivity contribution in [3.8, 4) is 0 Å². The van der Waals surface area contributed by atoms with Crippen LogP contribution in [0.5, 0.6) is 0 Å². The lowest BCUT2D eigenvalue weighted by molar-refractivity contribution is -0.128. The highest BCUT2D eigenvalue weighted by Crippen LogP contribution is 2.25. The molecule has 7 nitrogen and oxygen atoms in total. The number of carbonyl (C=O) groups is 2. The predicted molar refractivity (Wildman–Crippen MR) is 129 cm³/mol. The lowest BCUT2D eigenvalue weighted by Gasteiger charge is -2.16. The molecule has 0 saturated carbocycles. The topological polar surface area (TPSA) is 91.0 Å². The van der Waals surface area contributed by atoms with Crippen LogP contribution in [0.3, 0.4) is 0 Å². The Morgan fingerprint density at radius 2 is 2.06 bits per heavy atom. The molecule has 33 heavy (non-hydrogen) atoms. The lowest BCUT2D eigenvalue weighted by Crippen LogP contribution is -2.30. The molecule has 5 rings (SSSR count). The first-order valence-corrected chi connectivity index (χ1v) is 11.9. The summed E-state index contributed by atoms with van der Waals surface area (Å²) in [5.41, 5.74) is 3.26. The second kappa shape index (κ2) is 9.33. The van der Waals surface area contributed by atoms with E-state index in [9.17, 15) is 9.59 Å². The van der Waals surface area contributed by atoms with Gasteiger partial charge >= 0.3 is 0 Å². The van der Waals surface area contributed by atoms with Gasteiger partial charge in [-0.2, -0.15) is 0 Å². The number of rotatable bonds is 7. The lowest BCUT2D eigenvalue weighted by atomic mass is 10.1. The van der Waals surface area contributed by atoms with Gasteiger partial charge in [-0.15, -0.1) is 10.2 Å². The summed E-state index contributed by atoms with van der Waals surface area (Å²) in [6.45, 7) is 0.964. The Morgan fingerprint density at radius 3 is 2.91 bits per heavy atom. The molecule has 1 saturated heterocycles. The zero-order chi connectivity index (χ0) is 22.8. The van der Waals surface area contributed by atoms with Crippen molar-refractivity contribution in [3.05, 3.63) is 75.9 Å². The van der Waals surface area contributed by atoms with Gasteiger partial charge < -0.3 is 15.2 Å². The summed E-state index contributed by atoms with van der Waals surface area (Å²) in [5, 5.41) is 14.1. The van der Waals surface area contributed by atoms with Crippen LogP contribution in [0.2, 0.25) is 5.02 Å². The zero-order valence-corrected chi connectivity index (χ0v) is 19.3. The number of benzene rings is 2. The molecule has 9 heteroatoms. The number of nitrogens with one attached hydrogen (secondary N) is 2. The Balaban J connectivity index is 1.16. The molecular formula is C24H22ClN5O2S. The van der Waals surface area contributed by atoms with E-state index >= 15 is 0 Å². The number of nitrogens with zero attached hydrogens (tertiary/aromatic N) is 3. The minimum absolute atomic E-state index is 0.00458. The monoisotopic (exact) mass is 479 g/mol. The normalized spacial score (nSPS) is 16.0. The Morgan fingerprint density at radius 1 is 1.21 bits per heavy atom. The molecule has 0 aliphatic carbocycles. The molecule has 1 aliphatic heterocycles. The minimum Gasteiger partial charge on any atom is -0.361 e. The fraction of sp³-hybridized carbons (Fsp3) is 0.250. The molecule has 3 heterocycles. The molecule has 2 aromatic heterocycles. The maximum Gasteiger partial charge on any atom is 0.231 e. The summed E-state index contributed by atoms with van der Waals surface area (Å²) in [6, 6.07) is 15.7. The Labute approximate surface area is 199 Å². The van der Waals surface area contributed by atoms with Crippen LogP contribution in [0, 0.1) is 5.92 Å². The largest absolute Gasteiger partial charge is 0.361 e. The number of H-pyrrole nitrogens is 1. The van der Waals surface area contributed by atoms with E-state index in [0.717, 1.165) is 27.0 Å². The van der Waals surface area contributed by atoms with Gasteiger partial charge in [-0.05, 0) is 35.7 Å². The van der Waals surface area contributed by atoms with Crippen LogP contribution >= 0.6 is 22.9 Å². The molecule has 168 valence electrons. The van der Waals surface area contributed by atoms with E-state index < -0.39 is 5.92 Å². The molecule has 2 amide bonds. The fourth-order valence-corrected chi connectivity index (χ4v) is 5.08. The van der Waals surface area contributed by atoms with E-state index in [4.69, 9.17) is 11.6 Å². The number of carbonyl (C=O) groups excluding carboxylic acids is 2. The van der Waals surface area contributed by atoms with E-state index in [0.29, 0.717) is 36.1 Å². The molecule has 0 radical (unpaired) electrons. The number of hydrogen-bond donors (Lipinski definition) is 2. The SMILES string of the molecule is O=C(Nc1nnc(Cc2ccccc2)s1)[C@@H]1CC(=O)N(CCc2c[nH]c3ccc(Cl)cc23)C1. The van der Waals surface area contributed by atoms with Crippen molar-refractivity contribution in [1.29, 1.82) is 0 Å². The van der Waals surface area contributed by atoms with Crippen LogP contribution in [-0.4, -0.2) is 45.0 Å². The van der Waals surface area contributed by atoms with Crippen LogP contribution < -0.4 is 5.32 Å². The fourth-order valence-electron chi connectivity index (χ4n) is 4.13. The zero-order valence-electron chi connectivity index (χ0n) is 17.8. The molecule has 4 aromatic rings. The maximum atomic E-state index is 12.7. The third-order valence-corrected chi connectivity index (χ3v) is 6.93. The quantitative estimate of drug-likeness (QED) is 0.413. The van der Waals surface area contributed by atoms with Crippen LogP contribution in [0.1, 0.15) is 22.6 Å². The molecule has 1 fully saturated rings. The molecule has 0 bridgehead atoms. The molecule has 0 spiro atoms. The summed E-state index contributed by atoms with van der Waals surface area (Å²) in [5.74, 6) is -0.585. The Bertz CT molecular complexity index is 1300. The summed E-state index contributed by atoms with van der Waals surface area (Å²) in [4.78, 5) is 30.3. The maximum absolute atomic E-state index is 12.7. The summed E-state index contributed by atoms with van der Waals surface area (Å²) < 4.78 is 0. The highest BCUT2D eigenvalue weighted by Gasteiger charge is 2.34. The Hall–Kier alpha value is -3.23. The van der Waals surface area contributed by atoms with E-state index in [2.05, 4.69) is 20.5 Å². The average molecular weight is 480 g/mol. The smallest absolute Gasteiger partial charge is 0.231 e. The Kier molecular flexibility index (Phi) is 6.11. The second-order valence-electron chi connectivity index (χ2n) is 8.15. The number of fused-ring (bicyclic) bond motifs is 1. The van der Waals surface area contributed by atoms with Gasteiger partial charge in [-0.25, -0.2) is 0 Å². The van der Waals surface area contributed by atoms with E-state index in [1.54, 1.807) is 4.90 Å². The number of aromatic amines is 1. The standard InChI is InChI=1S/C24H22ClN5O2S/c25-18-6-7-20-19(12-18)16(13-26-20)8-9-30-14-17(11-22(30)31)23(32)27-24-29-28-21(33-24)10-15-4-2-1-3-5-15/h1-7,12-13,17,26H,8-11,14H2,(H,27,29,32)/t17-/m1/s1. The predicted octanol–water partition coefficient (Wildman–Crippen LogP) is 4.29. The first-order valence-electron chi connectivity index (χ1n) is 10.8. The molecule has 0 unspecified atom stereocenters. The summed E-state index contributed by atoms with van der Waals surface area (Å²) >= 11 is 7.49. The van der Waals surface area contributed by atoms with E-state index in [-0.39, 0.29) is 18.2 Å². The molecule has 1 aliphatic rings. The number of hydrogen-bond acceptors (Lipinski definition) is 5. The van der Waals surface area contributed by atoms with Crippen molar-refractivity contribution in [2.75, 3.05) is 18.4 Å². The van der Waals surface area contributed by atoms with Crippen molar-refractivity contribution in [2.45, 2.75) is 19.3 Å². The van der Waals surface area contributed by atoms with Crippen LogP contribution in [0.25, 0.3) is 10.9 Å². The van der Waals surface area contributed by atoms with E-state index in [1.165, 1.54) is 11.3 Å². The molecular weight excluding hydrogens is 458 g/mol. The number of aromatic nitrogens is 3. The van der Waals surface area contributed by atoms with Gasteiger partial charge in [-0.1, -0.05) is 53.3 Å². The third-order valence-electron chi connectivity index (χ3n) is 5.86. The highest BCUT2D eigenvalue weighted by molar-refractivity contribution is 7.15. The van der Waals surface area contributed by atoms with Crippen LogP contribution in [0.15, 0.2) is 54.7 Å². The van der Waals surface area contributed by atoms with Crippen molar-refractivity contribution >= 4 is 50.8 Å². The summed E-state index contributed by atoms with van der Waals surface area (Å²) in [7, 11) is 0. The second-order valence-corrected chi connectivity index (χ2v) is 9.65. The number of halogens is 1. The van der Waals surface area contributed by atoms with Crippen molar-refractivity contribution in [3.63, 3.8) is 0 Å². The number of amides is 2. The van der Waals surface area contributed by atoms with Gasteiger partial charge in [0.15, 0.2) is 0 Å². The summed E-state index contributed by atoms with van der Waals surface area (Å²) in [6.07, 6.45) is 3.53. The average Bonchev–Trinajstić information content (AvgIpc) is 3.52. The third kappa shape index (κ3) is 4.91. The molecule has 2 aromatic carbocycles. The van der Waals surface area contributed by atoms with Crippen molar-refractivity contribution in [1.82, 2.24) is 20.1 Å². The van der Waals surface area contributed by atoms with Crippen molar-refractivity contribution in [2.24, 2.45) is 5.92 Å². The van der Waals surface area contributed by atoms with Crippen LogP contribution in [0.4, 0.5) is 5.13 Å². The van der Waals surface area contributed by atoms with Crippen molar-refractivity contribution < 1.29 is 9.59 Å². The number of anilines is 1. The minimum atomic E-state index is -0.392. The van der Waals surface area contributed by atoms with Gasteiger partial charge in [0.1, 0.15) is 5.01 Å². The molecule has 1 atom stereocenters. The van der Waals surface area contributed by atoms with E-state index in [1.807, 2.05) is 54.7 Å². The van der Waals surface area contributed by atoms with Gasteiger partial charge in [0, 0.05) is 48.1 Å². The van der Waals surface area contributed by atoms with Gasteiger partial charge in [0.05, 0.1) is 5.92 Å². The highest BCUT2D eigenvalue weighted by atomic mass is 35.5. The van der Waals surface area contributed by atoms with Gasteiger partial charge in [0.25, 0.3) is 0 Å². The van der Waals surface area contributed by atoms with Crippen LogP contribution in [-0.2, 0) is 22.4 Å². The first-order chi connectivity index (χ1) is 16.0.